The first kappa shape index (κ1) is 16.8. The predicted octanol–water partition coefficient (Wildman–Crippen LogP) is 0.700. The molecule has 2 aliphatic heterocycles. The Hall–Kier alpha value is -2.67. The van der Waals surface area contributed by atoms with Gasteiger partial charge in [-0.3, -0.25) is 9.59 Å². The smallest absolute Gasteiger partial charge is 0.252 e. The molecule has 2 aliphatic rings. The molecule has 1 aromatic carbocycles. The van der Waals surface area contributed by atoms with Crippen molar-refractivity contribution < 1.29 is 4.79 Å². The monoisotopic (exact) mass is 353 g/mol. The minimum Gasteiger partial charge on any atom is -0.354 e. The van der Waals surface area contributed by atoms with Crippen LogP contribution >= 0.6 is 0 Å². The van der Waals surface area contributed by atoms with Gasteiger partial charge in [0.2, 0.25) is 5.91 Å². The third-order valence-electron chi connectivity index (χ3n) is 5.01. The Kier molecular flexibility index (Phi) is 4.46. The first-order chi connectivity index (χ1) is 12.6. The number of anilines is 2. The number of nitrogens with zero attached hydrogens (tertiary/aromatic N) is 3. The fourth-order valence-corrected chi connectivity index (χ4v) is 3.81. The van der Waals surface area contributed by atoms with Crippen molar-refractivity contribution in [1.29, 1.82) is 0 Å². The van der Waals surface area contributed by atoms with Crippen LogP contribution in [0.4, 0.5) is 11.5 Å². The highest BCUT2D eigenvalue weighted by atomic mass is 16.2. The van der Waals surface area contributed by atoms with Crippen LogP contribution in [0.5, 0.6) is 0 Å². The Morgan fingerprint density at radius 3 is 2.85 bits per heavy atom. The van der Waals surface area contributed by atoms with E-state index in [0.717, 1.165) is 38.3 Å². The van der Waals surface area contributed by atoms with Crippen LogP contribution in [0.15, 0.2) is 35.1 Å². The zero-order valence-corrected chi connectivity index (χ0v) is 14.9. The average Bonchev–Trinajstić information content (AvgIpc) is 2.97. The van der Waals surface area contributed by atoms with Crippen molar-refractivity contribution in [3.05, 3.63) is 52.1 Å². The lowest BCUT2D eigenvalue weighted by Gasteiger charge is -2.28. The van der Waals surface area contributed by atoms with Gasteiger partial charge in [0.15, 0.2) is 0 Å². The van der Waals surface area contributed by atoms with Crippen molar-refractivity contribution in [1.82, 2.24) is 15.3 Å². The maximum atomic E-state index is 12.9. The van der Waals surface area contributed by atoms with Gasteiger partial charge in [-0.05, 0) is 25.0 Å². The number of H-pyrrole nitrogens is 1. The number of piperazine rings is 1. The highest BCUT2D eigenvalue weighted by molar-refractivity contribution is 5.97. The lowest BCUT2D eigenvalue weighted by Crippen LogP contribution is -2.44. The topological polar surface area (TPSA) is 81.3 Å². The van der Waals surface area contributed by atoms with Gasteiger partial charge in [0.1, 0.15) is 11.6 Å². The third kappa shape index (κ3) is 3.22. The second kappa shape index (κ2) is 6.92. The highest BCUT2D eigenvalue weighted by Crippen LogP contribution is 2.32. The van der Waals surface area contributed by atoms with Gasteiger partial charge in [-0.15, -0.1) is 0 Å². The summed E-state index contributed by atoms with van der Waals surface area (Å²) < 4.78 is 0. The van der Waals surface area contributed by atoms with Crippen molar-refractivity contribution in [2.75, 3.05) is 36.0 Å². The summed E-state index contributed by atoms with van der Waals surface area (Å²) in [5.41, 5.74) is 1.93. The second-order valence-electron chi connectivity index (χ2n) is 6.91. The van der Waals surface area contributed by atoms with E-state index < -0.39 is 0 Å². The number of rotatable bonds is 3. The van der Waals surface area contributed by atoms with Gasteiger partial charge in [-0.1, -0.05) is 18.2 Å². The van der Waals surface area contributed by atoms with E-state index in [2.05, 4.69) is 26.3 Å². The molecule has 136 valence electrons. The number of aromatic nitrogens is 2. The molecule has 26 heavy (non-hydrogen) atoms. The molecule has 1 aromatic heterocycles. The molecule has 3 heterocycles. The SMILES string of the molecule is CC1Cc2ccccc2N1C(=O)Cc1nc(N2CCNCC2)cc(=O)[nH]1. The summed E-state index contributed by atoms with van der Waals surface area (Å²) in [4.78, 5) is 36.2. The lowest BCUT2D eigenvalue weighted by molar-refractivity contribution is -0.118. The van der Waals surface area contributed by atoms with E-state index in [4.69, 9.17) is 0 Å². The quantitative estimate of drug-likeness (QED) is 0.849. The largest absolute Gasteiger partial charge is 0.354 e. The molecule has 0 radical (unpaired) electrons. The van der Waals surface area contributed by atoms with Crippen molar-refractivity contribution >= 4 is 17.4 Å². The summed E-state index contributed by atoms with van der Waals surface area (Å²) in [7, 11) is 0. The summed E-state index contributed by atoms with van der Waals surface area (Å²) >= 11 is 0. The Balaban J connectivity index is 1.56. The Labute approximate surface area is 152 Å². The summed E-state index contributed by atoms with van der Waals surface area (Å²) in [6.45, 7) is 5.39. The molecule has 4 rings (SSSR count). The summed E-state index contributed by atoms with van der Waals surface area (Å²) in [6.07, 6.45) is 0.945. The van der Waals surface area contributed by atoms with Crippen LogP contribution in [0, 0.1) is 0 Å². The van der Waals surface area contributed by atoms with E-state index >= 15 is 0 Å². The van der Waals surface area contributed by atoms with Gasteiger partial charge in [0, 0.05) is 44.0 Å². The number of carbonyl (C=O) groups is 1. The molecule has 7 heteroatoms. The molecule has 1 saturated heterocycles. The molecule has 0 saturated carbocycles. The van der Waals surface area contributed by atoms with Crippen molar-refractivity contribution in [3.8, 4) is 0 Å². The molecule has 0 spiro atoms. The number of hydrogen-bond acceptors (Lipinski definition) is 5. The number of fused-ring (bicyclic) bond motifs is 1. The van der Waals surface area contributed by atoms with E-state index in [1.54, 1.807) is 0 Å². The summed E-state index contributed by atoms with van der Waals surface area (Å²) in [5, 5.41) is 3.28. The molecule has 1 unspecified atom stereocenters. The van der Waals surface area contributed by atoms with Crippen LogP contribution in [0.2, 0.25) is 0 Å². The van der Waals surface area contributed by atoms with Crippen molar-refractivity contribution in [3.63, 3.8) is 0 Å². The normalized spacial score (nSPS) is 19.5. The number of nitrogens with one attached hydrogen (secondary N) is 2. The number of carbonyl (C=O) groups excluding carboxylic acids is 1. The van der Waals surface area contributed by atoms with Crippen LogP contribution in [-0.4, -0.2) is 48.1 Å². The van der Waals surface area contributed by atoms with E-state index in [-0.39, 0.29) is 23.9 Å². The Morgan fingerprint density at radius 1 is 1.27 bits per heavy atom. The fraction of sp³-hybridized carbons (Fsp3) is 0.421. The molecule has 0 aliphatic carbocycles. The molecule has 2 aromatic rings. The maximum Gasteiger partial charge on any atom is 0.252 e. The first-order valence-electron chi connectivity index (χ1n) is 9.08. The molecule has 1 atom stereocenters. The molecule has 2 N–H and O–H groups in total. The Bertz CT molecular complexity index is 872. The van der Waals surface area contributed by atoms with E-state index in [9.17, 15) is 9.59 Å². The number of hydrogen-bond donors (Lipinski definition) is 2. The Morgan fingerprint density at radius 2 is 2.04 bits per heavy atom. The zero-order valence-electron chi connectivity index (χ0n) is 14.9. The summed E-state index contributed by atoms with van der Waals surface area (Å²) in [6, 6.07) is 9.60. The maximum absolute atomic E-state index is 12.9. The van der Waals surface area contributed by atoms with Crippen molar-refractivity contribution in [2.45, 2.75) is 25.8 Å². The fourth-order valence-electron chi connectivity index (χ4n) is 3.81. The molecular formula is C19H23N5O2. The van der Waals surface area contributed by atoms with Crippen LogP contribution < -0.4 is 20.7 Å². The van der Waals surface area contributed by atoms with Crippen LogP contribution in [-0.2, 0) is 17.6 Å². The predicted molar refractivity (Wildman–Crippen MR) is 101 cm³/mol. The molecule has 1 amide bonds. The van der Waals surface area contributed by atoms with Gasteiger partial charge in [0.25, 0.3) is 5.56 Å². The zero-order chi connectivity index (χ0) is 18.1. The number of amides is 1. The van der Waals surface area contributed by atoms with Crippen LogP contribution in [0.25, 0.3) is 0 Å². The highest BCUT2D eigenvalue weighted by Gasteiger charge is 2.30. The minimum absolute atomic E-state index is 0.0388. The van der Waals surface area contributed by atoms with Crippen molar-refractivity contribution in [2.24, 2.45) is 0 Å². The van der Waals surface area contributed by atoms with E-state index in [1.807, 2.05) is 30.0 Å². The molecule has 1 fully saturated rings. The van der Waals surface area contributed by atoms with E-state index in [1.165, 1.54) is 11.6 Å². The van der Waals surface area contributed by atoms with Gasteiger partial charge in [-0.2, -0.15) is 0 Å². The van der Waals surface area contributed by atoms with Gasteiger partial charge in [-0.25, -0.2) is 4.98 Å². The van der Waals surface area contributed by atoms with Gasteiger partial charge in [0.05, 0.1) is 6.42 Å². The number of benzene rings is 1. The molecule has 7 nitrogen and oxygen atoms in total. The average molecular weight is 353 g/mol. The van der Waals surface area contributed by atoms with Gasteiger partial charge >= 0.3 is 0 Å². The standard InChI is InChI=1S/C19H23N5O2/c1-13-10-14-4-2-3-5-15(14)24(13)19(26)11-16-21-17(12-18(25)22-16)23-8-6-20-7-9-23/h2-5,12-13,20H,6-11H2,1H3,(H,21,22,25). The first-order valence-corrected chi connectivity index (χ1v) is 9.08. The minimum atomic E-state index is -0.216. The van der Waals surface area contributed by atoms with Crippen LogP contribution in [0.1, 0.15) is 18.3 Å². The lowest BCUT2D eigenvalue weighted by atomic mass is 10.1. The second-order valence-corrected chi connectivity index (χ2v) is 6.91. The van der Waals surface area contributed by atoms with Crippen LogP contribution in [0.3, 0.4) is 0 Å². The molecular weight excluding hydrogens is 330 g/mol. The van der Waals surface area contributed by atoms with Gasteiger partial charge < -0.3 is 20.1 Å². The van der Waals surface area contributed by atoms with E-state index in [0.29, 0.717) is 11.6 Å². The summed E-state index contributed by atoms with van der Waals surface area (Å²) in [5.74, 6) is 1.03. The number of aromatic amines is 1. The third-order valence-corrected chi connectivity index (χ3v) is 5.01. The number of para-hydroxylation sites is 1. The molecule has 0 bridgehead atoms.